The molecule has 52 valence electrons. The van der Waals surface area contributed by atoms with Gasteiger partial charge in [-0.2, -0.15) is 0 Å². The number of carbonyl (C=O) groups excluding carboxylic acids is 1. The van der Waals surface area contributed by atoms with Crippen molar-refractivity contribution in [2.24, 2.45) is 0 Å². The lowest BCUT2D eigenvalue weighted by Gasteiger charge is -1.87. The van der Waals surface area contributed by atoms with Gasteiger partial charge in [-0.1, -0.05) is 6.08 Å². The average Bonchev–Trinajstić information content (AvgIpc) is 1.89. The van der Waals surface area contributed by atoms with Crippen molar-refractivity contribution >= 4 is 5.91 Å². The molecule has 0 saturated heterocycles. The van der Waals surface area contributed by atoms with Crippen LogP contribution in [0.15, 0.2) is 12.2 Å². The van der Waals surface area contributed by atoms with Crippen LogP contribution in [0.25, 0.3) is 0 Å². The molecule has 3 heteroatoms. The summed E-state index contributed by atoms with van der Waals surface area (Å²) >= 11 is 0. The van der Waals surface area contributed by atoms with Crippen molar-refractivity contribution in [2.75, 3.05) is 13.7 Å². The fourth-order valence-corrected chi connectivity index (χ4v) is 0.348. The maximum absolute atomic E-state index is 10.4. The topological polar surface area (TPSA) is 49.3 Å². The predicted molar refractivity (Wildman–Crippen MR) is 34.9 cm³/mol. The van der Waals surface area contributed by atoms with E-state index in [1.165, 1.54) is 6.08 Å². The Morgan fingerprint density at radius 2 is 2.44 bits per heavy atom. The quantitative estimate of drug-likeness (QED) is 0.513. The van der Waals surface area contributed by atoms with Crippen LogP contribution in [0.1, 0.15) is 6.42 Å². The van der Waals surface area contributed by atoms with Crippen LogP contribution < -0.4 is 5.32 Å². The van der Waals surface area contributed by atoms with Gasteiger partial charge in [0.2, 0.25) is 5.91 Å². The molecule has 0 radical (unpaired) electrons. The first-order chi connectivity index (χ1) is 4.31. The van der Waals surface area contributed by atoms with E-state index in [4.69, 9.17) is 5.11 Å². The zero-order valence-electron chi connectivity index (χ0n) is 5.42. The number of nitrogens with one attached hydrogen (secondary N) is 1. The third kappa shape index (κ3) is 5.03. The molecule has 0 spiro atoms. The first kappa shape index (κ1) is 8.17. The van der Waals surface area contributed by atoms with Crippen molar-refractivity contribution in [3.05, 3.63) is 12.2 Å². The van der Waals surface area contributed by atoms with Crippen LogP contribution in [0.4, 0.5) is 0 Å². The lowest BCUT2D eigenvalue weighted by atomic mass is 10.4. The average molecular weight is 129 g/mol. The Kier molecular flexibility index (Phi) is 4.82. The summed E-state index contributed by atoms with van der Waals surface area (Å²) in [5.41, 5.74) is 0. The van der Waals surface area contributed by atoms with Crippen LogP contribution >= 0.6 is 0 Å². The SMILES string of the molecule is CNC(=O)C=CCCO. The molecular formula is C6H11NO2. The van der Waals surface area contributed by atoms with Crippen LogP contribution in [0.3, 0.4) is 0 Å². The highest BCUT2D eigenvalue weighted by molar-refractivity contribution is 5.87. The van der Waals surface area contributed by atoms with E-state index >= 15 is 0 Å². The fourth-order valence-electron chi connectivity index (χ4n) is 0.348. The van der Waals surface area contributed by atoms with Gasteiger partial charge >= 0.3 is 0 Å². The van der Waals surface area contributed by atoms with Crippen molar-refractivity contribution in [2.45, 2.75) is 6.42 Å². The molecule has 0 saturated carbocycles. The Balaban J connectivity index is 3.32. The van der Waals surface area contributed by atoms with Gasteiger partial charge in [0.15, 0.2) is 0 Å². The monoisotopic (exact) mass is 129 g/mol. The molecule has 0 unspecified atom stereocenters. The summed E-state index contributed by atoms with van der Waals surface area (Å²) in [6, 6.07) is 0. The predicted octanol–water partition coefficient (Wildman–Crippen LogP) is -0.329. The number of carbonyl (C=O) groups is 1. The zero-order valence-corrected chi connectivity index (χ0v) is 5.42. The van der Waals surface area contributed by atoms with Gasteiger partial charge in [-0.15, -0.1) is 0 Å². The van der Waals surface area contributed by atoms with Crippen molar-refractivity contribution in [3.63, 3.8) is 0 Å². The molecule has 9 heavy (non-hydrogen) atoms. The maximum atomic E-state index is 10.4. The van der Waals surface area contributed by atoms with E-state index in [0.717, 1.165) is 0 Å². The Morgan fingerprint density at radius 3 is 2.89 bits per heavy atom. The van der Waals surface area contributed by atoms with Gasteiger partial charge in [0.25, 0.3) is 0 Å². The lowest BCUT2D eigenvalue weighted by Crippen LogP contribution is -2.13. The summed E-state index contributed by atoms with van der Waals surface area (Å²) < 4.78 is 0. The minimum Gasteiger partial charge on any atom is -0.396 e. The van der Waals surface area contributed by atoms with Gasteiger partial charge in [0.05, 0.1) is 0 Å². The highest BCUT2D eigenvalue weighted by Crippen LogP contribution is 1.78. The van der Waals surface area contributed by atoms with Crippen molar-refractivity contribution < 1.29 is 9.90 Å². The first-order valence-corrected chi connectivity index (χ1v) is 2.80. The molecule has 0 rings (SSSR count). The molecule has 0 aromatic heterocycles. The summed E-state index contributed by atoms with van der Waals surface area (Å²) in [5.74, 6) is -0.136. The number of rotatable bonds is 3. The summed E-state index contributed by atoms with van der Waals surface area (Å²) in [6.45, 7) is 0.0908. The van der Waals surface area contributed by atoms with E-state index in [2.05, 4.69) is 5.32 Å². The first-order valence-electron chi connectivity index (χ1n) is 2.80. The number of aliphatic hydroxyl groups is 1. The molecule has 0 bridgehead atoms. The van der Waals surface area contributed by atoms with Crippen molar-refractivity contribution in [1.82, 2.24) is 5.32 Å². The summed E-state index contributed by atoms with van der Waals surface area (Å²) in [5, 5.41) is 10.7. The Hall–Kier alpha value is -0.830. The second-order valence-corrected chi connectivity index (χ2v) is 1.53. The fraction of sp³-hybridized carbons (Fsp3) is 0.500. The molecule has 1 amide bonds. The summed E-state index contributed by atoms with van der Waals surface area (Å²) in [4.78, 5) is 10.4. The van der Waals surface area contributed by atoms with Gasteiger partial charge in [0.1, 0.15) is 0 Å². The van der Waals surface area contributed by atoms with Gasteiger partial charge in [0, 0.05) is 13.7 Å². The third-order valence-corrected chi connectivity index (χ3v) is 0.811. The van der Waals surface area contributed by atoms with Crippen LogP contribution in [-0.2, 0) is 4.79 Å². The van der Waals surface area contributed by atoms with Gasteiger partial charge in [-0.05, 0) is 12.5 Å². The Morgan fingerprint density at radius 1 is 1.78 bits per heavy atom. The summed E-state index contributed by atoms with van der Waals surface area (Å²) in [6.07, 6.45) is 3.56. The number of amides is 1. The third-order valence-electron chi connectivity index (χ3n) is 0.811. The van der Waals surface area contributed by atoms with Crippen LogP contribution in [0.5, 0.6) is 0 Å². The van der Waals surface area contributed by atoms with E-state index < -0.39 is 0 Å². The number of likely N-dealkylation sites (N-methyl/N-ethyl adjacent to an activating group) is 1. The molecule has 0 fully saturated rings. The van der Waals surface area contributed by atoms with Crippen LogP contribution in [-0.4, -0.2) is 24.7 Å². The molecule has 0 atom stereocenters. The molecule has 0 aliphatic carbocycles. The molecule has 0 aliphatic heterocycles. The summed E-state index contributed by atoms with van der Waals surface area (Å²) in [7, 11) is 1.56. The van der Waals surface area contributed by atoms with Gasteiger partial charge < -0.3 is 10.4 Å². The van der Waals surface area contributed by atoms with E-state index in [9.17, 15) is 4.79 Å². The molecular weight excluding hydrogens is 118 g/mol. The van der Waals surface area contributed by atoms with Crippen LogP contribution in [0.2, 0.25) is 0 Å². The molecule has 2 N–H and O–H groups in total. The molecule has 3 nitrogen and oxygen atoms in total. The Labute approximate surface area is 54.4 Å². The standard InChI is InChI=1S/C6H11NO2/c1-7-6(9)4-2-3-5-8/h2,4,8H,3,5H2,1H3,(H,7,9). The number of hydrogen-bond donors (Lipinski definition) is 2. The molecule has 0 aliphatic rings. The van der Waals surface area contributed by atoms with E-state index in [1.807, 2.05) is 0 Å². The smallest absolute Gasteiger partial charge is 0.243 e. The van der Waals surface area contributed by atoms with E-state index in [-0.39, 0.29) is 12.5 Å². The molecule has 0 aromatic carbocycles. The minimum absolute atomic E-state index is 0.0908. The number of aliphatic hydroxyl groups excluding tert-OH is 1. The zero-order chi connectivity index (χ0) is 7.11. The van der Waals surface area contributed by atoms with Crippen LogP contribution in [0, 0.1) is 0 Å². The van der Waals surface area contributed by atoms with E-state index in [0.29, 0.717) is 6.42 Å². The molecule has 0 aromatic rings. The normalized spacial score (nSPS) is 10.0. The number of hydrogen-bond acceptors (Lipinski definition) is 2. The highest BCUT2D eigenvalue weighted by Gasteiger charge is 1.84. The Bertz CT molecular complexity index is 110. The van der Waals surface area contributed by atoms with Crippen molar-refractivity contribution in [3.8, 4) is 0 Å². The lowest BCUT2D eigenvalue weighted by molar-refractivity contribution is -0.116. The van der Waals surface area contributed by atoms with Gasteiger partial charge in [-0.25, -0.2) is 0 Å². The maximum Gasteiger partial charge on any atom is 0.243 e. The molecule has 0 heterocycles. The second-order valence-electron chi connectivity index (χ2n) is 1.53. The van der Waals surface area contributed by atoms with Crippen molar-refractivity contribution in [1.29, 1.82) is 0 Å². The second kappa shape index (κ2) is 5.31. The largest absolute Gasteiger partial charge is 0.396 e. The highest BCUT2D eigenvalue weighted by atomic mass is 16.2. The van der Waals surface area contributed by atoms with Gasteiger partial charge in [-0.3, -0.25) is 4.79 Å². The minimum atomic E-state index is -0.136. The van der Waals surface area contributed by atoms with E-state index in [1.54, 1.807) is 13.1 Å².